The molecule has 0 fully saturated rings. The number of rotatable bonds is 2. The van der Waals surface area contributed by atoms with Crippen molar-refractivity contribution < 1.29 is 0 Å². The van der Waals surface area contributed by atoms with Crippen molar-refractivity contribution in [3.8, 4) is 0 Å². The Labute approximate surface area is 123 Å². The number of nitrogens with one attached hydrogen (secondary N) is 2. The molecule has 2 nitrogen and oxygen atoms in total. The molecule has 0 saturated heterocycles. The number of thiocarbonyl (C=S) groups is 1. The smallest absolute Gasteiger partial charge is 0.175 e. The van der Waals surface area contributed by atoms with Crippen molar-refractivity contribution in [2.45, 2.75) is 13.8 Å². The standard InChI is InChI=1S/C15H15ClN2S/c1-10-3-8-14(11(2)9-10)18-15(19)17-13-6-4-12(16)5-7-13/h3-9H,1-2H3,(H2,17,18,19). The molecular formula is C15H15ClN2S. The van der Waals surface area contributed by atoms with Gasteiger partial charge in [0.1, 0.15) is 0 Å². The number of halogens is 1. The van der Waals surface area contributed by atoms with Crippen LogP contribution in [0.4, 0.5) is 11.4 Å². The number of benzene rings is 2. The summed E-state index contributed by atoms with van der Waals surface area (Å²) in [5.41, 5.74) is 4.32. The van der Waals surface area contributed by atoms with Gasteiger partial charge in [-0.05, 0) is 62.0 Å². The molecule has 98 valence electrons. The van der Waals surface area contributed by atoms with Crippen LogP contribution in [0.1, 0.15) is 11.1 Å². The minimum atomic E-state index is 0.564. The molecule has 4 heteroatoms. The molecule has 0 heterocycles. The topological polar surface area (TPSA) is 24.1 Å². The first-order valence-electron chi connectivity index (χ1n) is 5.95. The van der Waals surface area contributed by atoms with Gasteiger partial charge in [-0.2, -0.15) is 0 Å². The van der Waals surface area contributed by atoms with Crippen LogP contribution in [0.3, 0.4) is 0 Å². The first kappa shape index (κ1) is 13.8. The van der Waals surface area contributed by atoms with Crippen molar-refractivity contribution in [2.24, 2.45) is 0 Å². The molecule has 0 radical (unpaired) electrons. The molecule has 0 saturated carbocycles. The Morgan fingerprint density at radius 2 is 1.68 bits per heavy atom. The van der Waals surface area contributed by atoms with E-state index in [1.807, 2.05) is 30.3 Å². The van der Waals surface area contributed by atoms with Crippen LogP contribution in [0, 0.1) is 13.8 Å². The van der Waals surface area contributed by atoms with Crippen molar-refractivity contribution in [2.75, 3.05) is 10.6 Å². The third kappa shape index (κ3) is 3.94. The average Bonchev–Trinajstić information content (AvgIpc) is 2.36. The second-order valence-corrected chi connectivity index (χ2v) is 5.25. The number of anilines is 2. The Hall–Kier alpha value is -1.58. The molecule has 0 atom stereocenters. The molecule has 0 unspecified atom stereocenters. The van der Waals surface area contributed by atoms with Gasteiger partial charge in [0.2, 0.25) is 0 Å². The Bertz CT molecular complexity index is 594. The fraction of sp³-hybridized carbons (Fsp3) is 0.133. The van der Waals surface area contributed by atoms with Gasteiger partial charge in [-0.15, -0.1) is 0 Å². The van der Waals surface area contributed by atoms with Gasteiger partial charge in [-0.3, -0.25) is 0 Å². The molecule has 19 heavy (non-hydrogen) atoms. The van der Waals surface area contributed by atoms with Crippen LogP contribution < -0.4 is 10.6 Å². The summed E-state index contributed by atoms with van der Waals surface area (Å²) in [6.45, 7) is 4.13. The number of hydrogen-bond acceptors (Lipinski definition) is 1. The van der Waals surface area contributed by atoms with Crippen LogP contribution in [-0.4, -0.2) is 5.11 Å². The monoisotopic (exact) mass is 290 g/mol. The van der Waals surface area contributed by atoms with Crippen molar-refractivity contribution in [1.29, 1.82) is 0 Å². The maximum Gasteiger partial charge on any atom is 0.175 e. The zero-order chi connectivity index (χ0) is 13.8. The van der Waals surface area contributed by atoms with Gasteiger partial charge in [0.15, 0.2) is 5.11 Å². The summed E-state index contributed by atoms with van der Waals surface area (Å²) in [5.74, 6) is 0. The van der Waals surface area contributed by atoms with Crippen LogP contribution in [-0.2, 0) is 0 Å². The number of aryl methyl sites for hydroxylation is 2. The third-order valence-corrected chi connectivity index (χ3v) is 3.19. The Kier molecular flexibility index (Phi) is 4.40. The molecule has 0 aliphatic rings. The summed E-state index contributed by atoms with van der Waals surface area (Å²) in [4.78, 5) is 0. The summed E-state index contributed by atoms with van der Waals surface area (Å²) in [6.07, 6.45) is 0. The van der Waals surface area contributed by atoms with Crippen LogP contribution in [0.15, 0.2) is 42.5 Å². The zero-order valence-electron chi connectivity index (χ0n) is 10.8. The van der Waals surface area contributed by atoms with E-state index in [1.54, 1.807) is 0 Å². The first-order valence-corrected chi connectivity index (χ1v) is 6.74. The van der Waals surface area contributed by atoms with Gasteiger partial charge >= 0.3 is 0 Å². The molecule has 2 N–H and O–H groups in total. The summed E-state index contributed by atoms with van der Waals surface area (Å²) in [5, 5.41) is 7.58. The lowest BCUT2D eigenvalue weighted by atomic mass is 10.1. The molecule has 0 amide bonds. The quantitative estimate of drug-likeness (QED) is 0.779. The maximum absolute atomic E-state index is 5.84. The van der Waals surface area contributed by atoms with Gasteiger partial charge in [-0.25, -0.2) is 0 Å². The normalized spacial score (nSPS) is 10.1. The minimum absolute atomic E-state index is 0.564. The maximum atomic E-state index is 5.84. The summed E-state index contributed by atoms with van der Waals surface area (Å²) >= 11 is 11.1. The van der Waals surface area contributed by atoms with E-state index in [2.05, 4.69) is 36.6 Å². The highest BCUT2D eigenvalue weighted by Crippen LogP contribution is 2.17. The van der Waals surface area contributed by atoms with E-state index in [0.29, 0.717) is 10.1 Å². The van der Waals surface area contributed by atoms with Crippen LogP contribution in [0.5, 0.6) is 0 Å². The van der Waals surface area contributed by atoms with Gasteiger partial charge in [0.25, 0.3) is 0 Å². The van der Waals surface area contributed by atoms with E-state index in [9.17, 15) is 0 Å². The average molecular weight is 291 g/mol. The van der Waals surface area contributed by atoms with E-state index >= 15 is 0 Å². The lowest BCUT2D eigenvalue weighted by Crippen LogP contribution is -2.19. The molecule has 2 rings (SSSR count). The van der Waals surface area contributed by atoms with Gasteiger partial charge < -0.3 is 10.6 Å². The van der Waals surface area contributed by atoms with Crippen molar-refractivity contribution in [1.82, 2.24) is 0 Å². The third-order valence-electron chi connectivity index (χ3n) is 2.73. The molecule has 0 spiro atoms. The van der Waals surface area contributed by atoms with Gasteiger partial charge in [0.05, 0.1) is 0 Å². The molecule has 2 aromatic carbocycles. The Morgan fingerprint density at radius 3 is 2.32 bits per heavy atom. The largest absolute Gasteiger partial charge is 0.332 e. The molecular weight excluding hydrogens is 276 g/mol. The van der Waals surface area contributed by atoms with E-state index in [0.717, 1.165) is 11.4 Å². The molecule has 2 aromatic rings. The Balaban J connectivity index is 2.03. The zero-order valence-corrected chi connectivity index (χ0v) is 12.4. The van der Waals surface area contributed by atoms with Crippen molar-refractivity contribution >= 4 is 40.3 Å². The first-order chi connectivity index (χ1) is 9.04. The second kappa shape index (κ2) is 6.04. The Morgan fingerprint density at radius 1 is 1.00 bits per heavy atom. The second-order valence-electron chi connectivity index (χ2n) is 4.40. The van der Waals surface area contributed by atoms with Gasteiger partial charge in [-0.1, -0.05) is 29.3 Å². The predicted molar refractivity (Wildman–Crippen MR) is 87.2 cm³/mol. The van der Waals surface area contributed by atoms with E-state index in [1.165, 1.54) is 11.1 Å². The predicted octanol–water partition coefficient (Wildman–Crippen LogP) is 4.77. The van der Waals surface area contributed by atoms with E-state index < -0.39 is 0 Å². The van der Waals surface area contributed by atoms with Crippen LogP contribution >= 0.6 is 23.8 Å². The minimum Gasteiger partial charge on any atom is -0.332 e. The molecule has 0 bridgehead atoms. The van der Waals surface area contributed by atoms with E-state index in [4.69, 9.17) is 23.8 Å². The molecule has 0 aliphatic carbocycles. The highest BCUT2D eigenvalue weighted by Gasteiger charge is 2.02. The molecule has 0 aliphatic heterocycles. The van der Waals surface area contributed by atoms with Gasteiger partial charge in [0, 0.05) is 16.4 Å². The van der Waals surface area contributed by atoms with Crippen LogP contribution in [0.25, 0.3) is 0 Å². The van der Waals surface area contributed by atoms with E-state index in [-0.39, 0.29) is 0 Å². The molecule has 0 aromatic heterocycles. The van der Waals surface area contributed by atoms with Crippen molar-refractivity contribution in [3.05, 3.63) is 58.6 Å². The SMILES string of the molecule is Cc1ccc(NC(=S)Nc2ccc(Cl)cc2)c(C)c1. The highest BCUT2D eigenvalue weighted by molar-refractivity contribution is 7.80. The lowest BCUT2D eigenvalue weighted by Gasteiger charge is -2.13. The summed E-state index contributed by atoms with van der Waals surface area (Å²) in [7, 11) is 0. The lowest BCUT2D eigenvalue weighted by molar-refractivity contribution is 1.38. The fourth-order valence-corrected chi connectivity index (χ4v) is 2.13. The fourth-order valence-electron chi connectivity index (χ4n) is 1.77. The van der Waals surface area contributed by atoms with Crippen LogP contribution in [0.2, 0.25) is 5.02 Å². The van der Waals surface area contributed by atoms with Crippen molar-refractivity contribution in [3.63, 3.8) is 0 Å². The summed E-state index contributed by atoms with van der Waals surface area (Å²) in [6, 6.07) is 13.6. The summed E-state index contributed by atoms with van der Waals surface area (Å²) < 4.78 is 0. The highest BCUT2D eigenvalue weighted by atomic mass is 35.5. The number of hydrogen-bond donors (Lipinski definition) is 2.